The van der Waals surface area contributed by atoms with Gasteiger partial charge in [-0.15, -0.1) is 0 Å². The molecule has 2 unspecified atom stereocenters. The summed E-state index contributed by atoms with van der Waals surface area (Å²) in [5.74, 6) is -0.0760. The van der Waals surface area contributed by atoms with Crippen LogP contribution in [0.1, 0.15) is 29.8 Å². The van der Waals surface area contributed by atoms with Crippen LogP contribution in [0.15, 0.2) is 42.5 Å². The first kappa shape index (κ1) is 16.7. The number of aliphatic carboxylic acids is 1. The molecule has 0 spiro atoms. The Kier molecular flexibility index (Phi) is 3.58. The lowest BCUT2D eigenvalue weighted by molar-refractivity contribution is -0.151. The number of amides is 1. The molecule has 7 nitrogen and oxygen atoms in total. The molecule has 0 fully saturated rings. The molecule has 0 aliphatic carbocycles. The van der Waals surface area contributed by atoms with Crippen molar-refractivity contribution in [2.75, 3.05) is 6.79 Å². The van der Waals surface area contributed by atoms with Crippen LogP contribution in [0.3, 0.4) is 0 Å². The number of hydrogen-bond donors (Lipinski definition) is 2. The standard InChI is InChI=1S/C21H18N2O5/c1-11(24)23-16(21(25)26)9-14-13-4-2-3-5-15(13)22-19(14)20(23)12-6-7-17-18(8-12)28-10-27-17/h2-8,16,20,22H,9-10H2,1H3,(H,25,26). The zero-order valence-corrected chi connectivity index (χ0v) is 15.1. The van der Waals surface area contributed by atoms with Crippen molar-refractivity contribution in [1.82, 2.24) is 9.88 Å². The molecule has 0 saturated heterocycles. The number of para-hydroxylation sites is 1. The lowest BCUT2D eigenvalue weighted by atomic mass is 9.88. The normalized spacial score (nSPS) is 20.2. The highest BCUT2D eigenvalue weighted by atomic mass is 16.7. The van der Waals surface area contributed by atoms with E-state index in [9.17, 15) is 14.7 Å². The van der Waals surface area contributed by atoms with Crippen LogP contribution in [-0.2, 0) is 16.0 Å². The Morgan fingerprint density at radius 2 is 1.93 bits per heavy atom. The molecule has 5 rings (SSSR count). The zero-order chi connectivity index (χ0) is 19.4. The van der Waals surface area contributed by atoms with Gasteiger partial charge in [-0.3, -0.25) is 4.79 Å². The van der Waals surface area contributed by atoms with Crippen molar-refractivity contribution in [2.24, 2.45) is 0 Å². The number of fused-ring (bicyclic) bond motifs is 4. The third kappa shape index (κ3) is 2.36. The third-order valence-electron chi connectivity index (χ3n) is 5.49. The number of hydrogen-bond acceptors (Lipinski definition) is 4. The van der Waals surface area contributed by atoms with Gasteiger partial charge in [0.2, 0.25) is 12.7 Å². The zero-order valence-electron chi connectivity index (χ0n) is 15.1. The predicted molar refractivity (Wildman–Crippen MR) is 100 cm³/mol. The Morgan fingerprint density at radius 3 is 2.71 bits per heavy atom. The molecule has 3 aromatic rings. The molecule has 28 heavy (non-hydrogen) atoms. The van der Waals surface area contributed by atoms with Gasteiger partial charge in [0.15, 0.2) is 11.5 Å². The van der Waals surface area contributed by atoms with E-state index in [2.05, 4.69) is 4.98 Å². The number of benzene rings is 2. The van der Waals surface area contributed by atoms with Gasteiger partial charge in [-0.2, -0.15) is 0 Å². The summed E-state index contributed by atoms with van der Waals surface area (Å²) < 4.78 is 10.9. The topological polar surface area (TPSA) is 91.9 Å². The Hall–Kier alpha value is -3.48. The summed E-state index contributed by atoms with van der Waals surface area (Å²) in [6.07, 6.45) is 0.259. The van der Waals surface area contributed by atoms with E-state index in [1.54, 1.807) is 6.07 Å². The van der Waals surface area contributed by atoms with Crippen molar-refractivity contribution in [3.63, 3.8) is 0 Å². The van der Waals surface area contributed by atoms with Crippen LogP contribution in [-0.4, -0.2) is 39.7 Å². The summed E-state index contributed by atoms with van der Waals surface area (Å²) in [6.45, 7) is 1.55. The molecule has 3 heterocycles. The van der Waals surface area contributed by atoms with Crippen LogP contribution in [0.25, 0.3) is 10.9 Å². The molecule has 0 saturated carbocycles. The van der Waals surface area contributed by atoms with Gasteiger partial charge in [0.25, 0.3) is 0 Å². The molecular weight excluding hydrogens is 360 g/mol. The number of rotatable bonds is 2. The Morgan fingerprint density at radius 1 is 1.14 bits per heavy atom. The average molecular weight is 378 g/mol. The number of carboxylic acids is 1. The number of carboxylic acid groups (broad SMARTS) is 1. The van der Waals surface area contributed by atoms with Crippen LogP contribution < -0.4 is 9.47 Å². The number of nitrogens with one attached hydrogen (secondary N) is 1. The van der Waals surface area contributed by atoms with Crippen LogP contribution in [0, 0.1) is 0 Å². The second kappa shape index (κ2) is 6.02. The first-order valence-electron chi connectivity index (χ1n) is 9.05. The van der Waals surface area contributed by atoms with E-state index in [0.717, 1.165) is 27.7 Å². The molecule has 7 heteroatoms. The molecule has 2 N–H and O–H groups in total. The second-order valence-corrected chi connectivity index (χ2v) is 7.06. The first-order chi connectivity index (χ1) is 13.5. The van der Waals surface area contributed by atoms with Crippen LogP contribution in [0.4, 0.5) is 0 Å². The van der Waals surface area contributed by atoms with Crippen molar-refractivity contribution in [3.05, 3.63) is 59.3 Å². The van der Waals surface area contributed by atoms with E-state index in [4.69, 9.17) is 9.47 Å². The average Bonchev–Trinajstić information content (AvgIpc) is 3.29. The molecule has 1 aromatic heterocycles. The summed E-state index contributed by atoms with van der Waals surface area (Å²) in [5.41, 5.74) is 3.47. The fourth-order valence-corrected chi connectivity index (χ4v) is 4.30. The minimum Gasteiger partial charge on any atom is -0.480 e. The van der Waals surface area contributed by atoms with Crippen molar-refractivity contribution in [1.29, 1.82) is 0 Å². The number of nitrogens with zero attached hydrogens (tertiary/aromatic N) is 1. The number of aromatic amines is 1. The summed E-state index contributed by atoms with van der Waals surface area (Å²) >= 11 is 0. The Bertz CT molecular complexity index is 1120. The maximum Gasteiger partial charge on any atom is 0.326 e. The highest BCUT2D eigenvalue weighted by Gasteiger charge is 2.42. The minimum absolute atomic E-state index is 0.148. The van der Waals surface area contributed by atoms with E-state index < -0.39 is 18.1 Å². The molecule has 0 radical (unpaired) electrons. The molecular formula is C21H18N2O5. The highest BCUT2D eigenvalue weighted by Crippen LogP contribution is 2.43. The van der Waals surface area contributed by atoms with Gasteiger partial charge in [-0.1, -0.05) is 24.3 Å². The smallest absolute Gasteiger partial charge is 0.326 e. The van der Waals surface area contributed by atoms with E-state index in [1.807, 2.05) is 36.4 Å². The molecule has 2 atom stereocenters. The quantitative estimate of drug-likeness (QED) is 0.715. The molecule has 142 valence electrons. The van der Waals surface area contributed by atoms with Crippen molar-refractivity contribution in [2.45, 2.75) is 25.4 Å². The molecule has 2 aromatic carbocycles. The van der Waals surface area contributed by atoms with Crippen LogP contribution in [0.5, 0.6) is 11.5 Å². The fraction of sp³-hybridized carbons (Fsp3) is 0.238. The fourth-order valence-electron chi connectivity index (χ4n) is 4.30. The first-order valence-corrected chi connectivity index (χ1v) is 9.05. The monoisotopic (exact) mass is 378 g/mol. The maximum atomic E-state index is 12.5. The van der Waals surface area contributed by atoms with Gasteiger partial charge in [0.05, 0.1) is 6.04 Å². The second-order valence-electron chi connectivity index (χ2n) is 7.06. The SMILES string of the molecule is CC(=O)N1C(C(=O)O)Cc2c([nH]c3ccccc23)C1c1ccc2c(c1)OCO2. The molecule has 0 bridgehead atoms. The Balaban J connectivity index is 1.76. The lowest BCUT2D eigenvalue weighted by Gasteiger charge is -2.40. The highest BCUT2D eigenvalue weighted by molar-refractivity contribution is 5.90. The minimum atomic E-state index is -1.02. The van der Waals surface area contributed by atoms with Crippen molar-refractivity contribution in [3.8, 4) is 11.5 Å². The predicted octanol–water partition coefficient (Wildman–Crippen LogP) is 2.84. The molecule has 2 aliphatic rings. The van der Waals surface area contributed by atoms with Gasteiger partial charge in [0.1, 0.15) is 6.04 Å². The molecule has 2 aliphatic heterocycles. The van der Waals surface area contributed by atoms with E-state index >= 15 is 0 Å². The summed E-state index contributed by atoms with van der Waals surface area (Å²) in [6, 6.07) is 11.8. The van der Waals surface area contributed by atoms with E-state index in [0.29, 0.717) is 11.5 Å². The number of carbonyl (C=O) groups excluding carboxylic acids is 1. The van der Waals surface area contributed by atoms with Crippen molar-refractivity contribution >= 4 is 22.8 Å². The van der Waals surface area contributed by atoms with Gasteiger partial charge in [-0.25, -0.2) is 4.79 Å². The number of H-pyrrole nitrogens is 1. The van der Waals surface area contributed by atoms with Crippen LogP contribution >= 0.6 is 0 Å². The Labute approximate surface area is 160 Å². The third-order valence-corrected chi connectivity index (χ3v) is 5.49. The summed E-state index contributed by atoms with van der Waals surface area (Å²) in [4.78, 5) is 29.5. The largest absolute Gasteiger partial charge is 0.480 e. The number of carbonyl (C=O) groups is 2. The number of aromatic nitrogens is 1. The summed E-state index contributed by atoms with van der Waals surface area (Å²) in [7, 11) is 0. The van der Waals surface area contributed by atoms with E-state index in [1.165, 1.54) is 11.8 Å². The van der Waals surface area contributed by atoms with Gasteiger partial charge in [0, 0.05) is 29.9 Å². The lowest BCUT2D eigenvalue weighted by Crippen LogP contribution is -2.50. The van der Waals surface area contributed by atoms with Gasteiger partial charge < -0.3 is 24.5 Å². The van der Waals surface area contributed by atoms with Crippen molar-refractivity contribution < 1.29 is 24.2 Å². The number of ether oxygens (including phenoxy) is 2. The maximum absolute atomic E-state index is 12.5. The van der Waals surface area contributed by atoms with Gasteiger partial charge in [-0.05, 0) is 29.3 Å². The van der Waals surface area contributed by atoms with Gasteiger partial charge >= 0.3 is 5.97 Å². The molecule has 1 amide bonds. The summed E-state index contributed by atoms with van der Waals surface area (Å²) in [5, 5.41) is 10.8. The van der Waals surface area contributed by atoms with Crippen LogP contribution in [0.2, 0.25) is 0 Å². The van der Waals surface area contributed by atoms with E-state index in [-0.39, 0.29) is 19.1 Å².